The molecule has 0 aromatic heterocycles. The third kappa shape index (κ3) is 4.70. The maximum Gasteiger partial charge on any atom is 0.231 e. The van der Waals surface area contributed by atoms with Crippen LogP contribution in [0.5, 0.6) is 5.75 Å². The minimum Gasteiger partial charge on any atom is -0.494 e. The Morgan fingerprint density at radius 2 is 1.78 bits per heavy atom. The number of rotatable bonds is 4. The summed E-state index contributed by atoms with van der Waals surface area (Å²) in [6.07, 6.45) is 1.69. The number of halogens is 2. The third-order valence-electron chi connectivity index (χ3n) is 5.14. The standard InChI is InChI=1S/C24H21F2N3O2S/c1-31-22-14-21-15(4-2-7-23(30)29(21)19-6-3-5-17(26)13-19)12-20(22)28-24(32)27-18-10-8-16(25)9-11-18/h3,5-6,8-14H,2,4,7H2,1H3,(H2,27,28,32). The summed E-state index contributed by atoms with van der Waals surface area (Å²) in [6, 6.07) is 15.5. The Hall–Kier alpha value is -3.52. The summed E-state index contributed by atoms with van der Waals surface area (Å²) in [5.41, 5.74) is 3.29. The molecule has 0 saturated carbocycles. The van der Waals surface area contributed by atoms with Crippen LogP contribution in [-0.2, 0) is 11.2 Å². The fourth-order valence-electron chi connectivity index (χ4n) is 3.68. The van der Waals surface area contributed by atoms with E-state index >= 15 is 0 Å². The SMILES string of the molecule is COc1cc2c(cc1NC(=S)Nc1ccc(F)cc1)CCCC(=O)N2c1cccc(F)c1. The average Bonchev–Trinajstić information content (AvgIpc) is 2.92. The molecule has 3 aromatic rings. The number of fused-ring (bicyclic) bond motifs is 1. The third-order valence-corrected chi connectivity index (χ3v) is 5.35. The molecule has 4 rings (SSSR count). The fraction of sp³-hybridized carbons (Fsp3) is 0.167. The number of carbonyl (C=O) groups is 1. The smallest absolute Gasteiger partial charge is 0.231 e. The minimum absolute atomic E-state index is 0.106. The molecule has 0 unspecified atom stereocenters. The van der Waals surface area contributed by atoms with Crippen LogP contribution in [-0.4, -0.2) is 18.1 Å². The van der Waals surface area contributed by atoms with Crippen LogP contribution >= 0.6 is 12.2 Å². The Morgan fingerprint density at radius 3 is 2.50 bits per heavy atom. The number of nitrogens with one attached hydrogen (secondary N) is 2. The van der Waals surface area contributed by atoms with Crippen LogP contribution in [0.1, 0.15) is 18.4 Å². The van der Waals surface area contributed by atoms with Crippen LogP contribution in [0, 0.1) is 11.6 Å². The Morgan fingerprint density at radius 1 is 1.00 bits per heavy atom. The van der Waals surface area contributed by atoms with E-state index in [2.05, 4.69) is 10.6 Å². The largest absolute Gasteiger partial charge is 0.494 e. The molecular weight excluding hydrogens is 432 g/mol. The van der Waals surface area contributed by atoms with E-state index in [-0.39, 0.29) is 11.7 Å². The van der Waals surface area contributed by atoms with Gasteiger partial charge in [0.15, 0.2) is 5.11 Å². The van der Waals surface area contributed by atoms with E-state index in [4.69, 9.17) is 17.0 Å². The topological polar surface area (TPSA) is 53.6 Å². The predicted octanol–water partition coefficient (Wildman–Crippen LogP) is 5.78. The molecule has 0 fully saturated rings. The predicted molar refractivity (Wildman–Crippen MR) is 126 cm³/mol. The van der Waals surface area contributed by atoms with Gasteiger partial charge in [-0.3, -0.25) is 9.69 Å². The lowest BCUT2D eigenvalue weighted by Crippen LogP contribution is -2.25. The van der Waals surface area contributed by atoms with Gasteiger partial charge in [0.2, 0.25) is 5.91 Å². The monoisotopic (exact) mass is 453 g/mol. The number of hydrogen-bond donors (Lipinski definition) is 2. The summed E-state index contributed by atoms with van der Waals surface area (Å²) in [7, 11) is 1.52. The number of anilines is 4. The summed E-state index contributed by atoms with van der Waals surface area (Å²) in [4.78, 5) is 14.4. The molecule has 0 aliphatic carbocycles. The molecule has 1 heterocycles. The van der Waals surface area contributed by atoms with Crippen LogP contribution in [0.3, 0.4) is 0 Å². The zero-order chi connectivity index (χ0) is 22.7. The molecule has 0 bridgehead atoms. The van der Waals surface area contributed by atoms with Gasteiger partial charge in [0.1, 0.15) is 17.4 Å². The van der Waals surface area contributed by atoms with Crippen LogP contribution in [0.15, 0.2) is 60.7 Å². The molecule has 0 spiro atoms. The Bertz CT molecular complexity index is 1170. The zero-order valence-electron chi connectivity index (χ0n) is 17.3. The van der Waals surface area contributed by atoms with Crippen LogP contribution < -0.4 is 20.3 Å². The van der Waals surface area contributed by atoms with E-state index < -0.39 is 5.82 Å². The van der Waals surface area contributed by atoms with Gasteiger partial charge in [-0.25, -0.2) is 8.78 Å². The maximum atomic E-state index is 13.9. The molecule has 5 nitrogen and oxygen atoms in total. The molecule has 0 radical (unpaired) electrons. The lowest BCUT2D eigenvalue weighted by Gasteiger charge is -2.25. The van der Waals surface area contributed by atoms with Crippen molar-refractivity contribution in [3.63, 3.8) is 0 Å². The number of carbonyl (C=O) groups excluding carboxylic acids is 1. The van der Waals surface area contributed by atoms with Crippen molar-refractivity contribution >= 4 is 46.0 Å². The Labute approximate surface area is 190 Å². The highest BCUT2D eigenvalue weighted by Gasteiger charge is 2.26. The molecular formula is C24H21F2N3O2S. The van der Waals surface area contributed by atoms with Crippen molar-refractivity contribution in [2.24, 2.45) is 0 Å². The number of hydrogen-bond acceptors (Lipinski definition) is 3. The van der Waals surface area contributed by atoms with Gasteiger partial charge in [0.25, 0.3) is 0 Å². The first-order valence-corrected chi connectivity index (χ1v) is 10.5. The normalized spacial score (nSPS) is 13.2. The van der Waals surface area contributed by atoms with Gasteiger partial charge in [-0.2, -0.15) is 0 Å². The number of ether oxygens (including phenoxy) is 1. The number of nitrogens with zero attached hydrogens (tertiary/aromatic N) is 1. The van der Waals surface area contributed by atoms with E-state index in [0.29, 0.717) is 52.9 Å². The van der Waals surface area contributed by atoms with E-state index in [9.17, 15) is 13.6 Å². The average molecular weight is 454 g/mol. The summed E-state index contributed by atoms with van der Waals surface area (Å²) < 4.78 is 32.5. The lowest BCUT2D eigenvalue weighted by molar-refractivity contribution is -0.117. The van der Waals surface area contributed by atoms with Crippen molar-refractivity contribution in [3.8, 4) is 5.75 Å². The minimum atomic E-state index is -0.413. The summed E-state index contributed by atoms with van der Waals surface area (Å²) in [5, 5.41) is 6.42. The maximum absolute atomic E-state index is 13.9. The number of methoxy groups -OCH3 is 1. The summed E-state index contributed by atoms with van der Waals surface area (Å²) in [6.45, 7) is 0. The first-order chi connectivity index (χ1) is 15.4. The van der Waals surface area contributed by atoms with Crippen molar-refractivity contribution in [3.05, 3.63) is 77.9 Å². The molecule has 3 aromatic carbocycles. The van der Waals surface area contributed by atoms with E-state index in [0.717, 1.165) is 5.56 Å². The van der Waals surface area contributed by atoms with E-state index in [1.165, 1.54) is 36.3 Å². The molecule has 1 aliphatic rings. The summed E-state index contributed by atoms with van der Waals surface area (Å²) in [5.74, 6) is -0.378. The number of amides is 1. The zero-order valence-corrected chi connectivity index (χ0v) is 18.1. The fourth-order valence-corrected chi connectivity index (χ4v) is 3.91. The van der Waals surface area contributed by atoms with Crippen molar-refractivity contribution in [2.75, 3.05) is 22.6 Å². The second kappa shape index (κ2) is 9.32. The molecule has 0 saturated heterocycles. The van der Waals surface area contributed by atoms with Gasteiger partial charge in [-0.15, -0.1) is 0 Å². The van der Waals surface area contributed by atoms with Gasteiger partial charge in [0, 0.05) is 18.2 Å². The first-order valence-electron chi connectivity index (χ1n) is 10.1. The highest BCUT2D eigenvalue weighted by Crippen LogP contribution is 2.40. The van der Waals surface area contributed by atoms with Crippen LogP contribution in [0.4, 0.5) is 31.5 Å². The van der Waals surface area contributed by atoms with Crippen LogP contribution in [0.25, 0.3) is 0 Å². The Kier molecular flexibility index (Phi) is 6.32. The molecule has 0 atom stereocenters. The van der Waals surface area contributed by atoms with Crippen molar-refractivity contribution in [2.45, 2.75) is 19.3 Å². The van der Waals surface area contributed by atoms with Crippen molar-refractivity contribution in [1.29, 1.82) is 0 Å². The quantitative estimate of drug-likeness (QED) is 0.490. The molecule has 2 N–H and O–H groups in total. The van der Waals surface area contributed by atoms with Gasteiger partial charge in [0.05, 0.1) is 24.2 Å². The summed E-state index contributed by atoms with van der Waals surface area (Å²) >= 11 is 5.39. The number of aryl methyl sites for hydroxylation is 1. The molecule has 32 heavy (non-hydrogen) atoms. The second-order valence-electron chi connectivity index (χ2n) is 7.33. The molecule has 1 aliphatic heterocycles. The highest BCUT2D eigenvalue weighted by atomic mass is 32.1. The Balaban J connectivity index is 1.66. The highest BCUT2D eigenvalue weighted by molar-refractivity contribution is 7.80. The number of thiocarbonyl (C=S) groups is 1. The molecule has 8 heteroatoms. The second-order valence-corrected chi connectivity index (χ2v) is 7.74. The van der Waals surface area contributed by atoms with E-state index in [1.807, 2.05) is 6.07 Å². The van der Waals surface area contributed by atoms with Gasteiger partial charge in [-0.05, 0) is 79.2 Å². The van der Waals surface area contributed by atoms with Gasteiger partial charge < -0.3 is 15.4 Å². The molecule has 1 amide bonds. The first kappa shape index (κ1) is 21.7. The van der Waals surface area contributed by atoms with Crippen LogP contribution in [0.2, 0.25) is 0 Å². The molecule has 164 valence electrons. The lowest BCUT2D eigenvalue weighted by atomic mass is 10.1. The van der Waals surface area contributed by atoms with Gasteiger partial charge in [-0.1, -0.05) is 6.07 Å². The van der Waals surface area contributed by atoms with Crippen molar-refractivity contribution < 1.29 is 18.3 Å². The number of benzene rings is 3. The van der Waals surface area contributed by atoms with E-state index in [1.54, 1.807) is 30.3 Å². The van der Waals surface area contributed by atoms with Gasteiger partial charge >= 0.3 is 0 Å². The van der Waals surface area contributed by atoms with Crippen molar-refractivity contribution in [1.82, 2.24) is 0 Å².